The summed E-state index contributed by atoms with van der Waals surface area (Å²) in [6.07, 6.45) is 0.542. The zero-order valence-corrected chi connectivity index (χ0v) is 12.5. The Morgan fingerprint density at radius 2 is 2.05 bits per heavy atom. The summed E-state index contributed by atoms with van der Waals surface area (Å²) in [5.41, 5.74) is 2.03. The zero-order chi connectivity index (χ0) is 15.7. The van der Waals surface area contributed by atoms with Crippen molar-refractivity contribution in [3.63, 3.8) is 0 Å². The molecule has 2 heterocycles. The van der Waals surface area contributed by atoms with Gasteiger partial charge < -0.3 is 14.6 Å². The molecule has 1 aromatic heterocycles. The van der Waals surface area contributed by atoms with Crippen molar-refractivity contribution in [3.8, 4) is 17.1 Å². The molecule has 0 atom stereocenters. The molecule has 1 N–H and O–H groups in total. The van der Waals surface area contributed by atoms with Crippen LogP contribution >= 0.6 is 0 Å². The third kappa shape index (κ3) is 2.59. The van der Waals surface area contributed by atoms with Gasteiger partial charge in [0, 0.05) is 24.6 Å². The average molecular weight is 299 g/mol. The number of hydrogen-bond acceptors (Lipinski definition) is 4. The molecule has 0 fully saturated rings. The lowest BCUT2D eigenvalue weighted by Crippen LogP contribution is -2.38. The monoisotopic (exact) mass is 299 g/mol. The highest BCUT2D eigenvalue weighted by Gasteiger charge is 2.22. The highest BCUT2D eigenvalue weighted by molar-refractivity contribution is 5.73. The maximum atomic E-state index is 12.2. The number of benzene rings is 1. The number of methoxy groups -OCH3 is 1. The van der Waals surface area contributed by atoms with Crippen LogP contribution in [0, 0.1) is 0 Å². The number of hydrogen-bond donors (Lipinski definition) is 1. The summed E-state index contributed by atoms with van der Waals surface area (Å²) in [5.74, 6) is 1.25. The Morgan fingerprint density at radius 1 is 1.32 bits per heavy atom. The van der Waals surface area contributed by atoms with Gasteiger partial charge in [-0.2, -0.15) is 0 Å². The number of fused-ring (bicyclic) bond motifs is 1. The minimum atomic E-state index is -0.126. The molecule has 22 heavy (non-hydrogen) atoms. The normalized spacial score (nSPS) is 13.6. The first-order valence-corrected chi connectivity index (χ1v) is 7.10. The largest absolute Gasteiger partial charge is 0.497 e. The third-order valence-electron chi connectivity index (χ3n) is 3.88. The quantitative estimate of drug-likeness (QED) is 0.908. The minimum Gasteiger partial charge on any atom is -0.497 e. The molecular weight excluding hydrogens is 282 g/mol. The van der Waals surface area contributed by atoms with Crippen molar-refractivity contribution in [2.75, 3.05) is 13.7 Å². The average Bonchev–Trinajstić information content (AvgIpc) is 2.54. The first kappa shape index (κ1) is 14.3. The van der Waals surface area contributed by atoms with Gasteiger partial charge in [0.05, 0.1) is 19.3 Å². The van der Waals surface area contributed by atoms with E-state index < -0.39 is 0 Å². The molecule has 1 aliphatic heterocycles. The van der Waals surface area contributed by atoms with Crippen molar-refractivity contribution in [1.82, 2.24) is 14.9 Å². The van der Waals surface area contributed by atoms with Gasteiger partial charge in [0.25, 0.3) is 5.56 Å². The van der Waals surface area contributed by atoms with Gasteiger partial charge in [-0.25, -0.2) is 4.98 Å². The van der Waals surface area contributed by atoms with Crippen molar-refractivity contribution in [1.29, 1.82) is 0 Å². The molecule has 1 aromatic carbocycles. The van der Waals surface area contributed by atoms with Crippen LogP contribution in [0.15, 0.2) is 29.1 Å². The lowest BCUT2D eigenvalue weighted by molar-refractivity contribution is -0.129. The number of carbonyl (C=O) groups is 1. The van der Waals surface area contributed by atoms with Gasteiger partial charge in [0.15, 0.2) is 0 Å². The summed E-state index contributed by atoms with van der Waals surface area (Å²) < 4.78 is 5.12. The second-order valence-corrected chi connectivity index (χ2v) is 5.26. The van der Waals surface area contributed by atoms with Crippen LogP contribution in [0.25, 0.3) is 11.4 Å². The van der Waals surface area contributed by atoms with Gasteiger partial charge in [0.1, 0.15) is 11.6 Å². The number of aromatic amines is 1. The number of H-pyrrole nitrogens is 1. The number of amides is 1. The Balaban J connectivity index is 2.00. The van der Waals surface area contributed by atoms with E-state index in [1.165, 1.54) is 6.92 Å². The van der Waals surface area contributed by atoms with Crippen LogP contribution in [-0.4, -0.2) is 34.4 Å². The molecule has 0 spiro atoms. The van der Waals surface area contributed by atoms with Crippen LogP contribution in [0.4, 0.5) is 0 Å². The van der Waals surface area contributed by atoms with Crippen LogP contribution < -0.4 is 10.3 Å². The highest BCUT2D eigenvalue weighted by atomic mass is 16.5. The predicted octanol–water partition coefficient (Wildman–Crippen LogP) is 1.35. The van der Waals surface area contributed by atoms with Crippen LogP contribution in [0.5, 0.6) is 5.75 Å². The summed E-state index contributed by atoms with van der Waals surface area (Å²) in [6, 6.07) is 7.32. The van der Waals surface area contributed by atoms with E-state index >= 15 is 0 Å². The van der Waals surface area contributed by atoms with Gasteiger partial charge >= 0.3 is 0 Å². The van der Waals surface area contributed by atoms with Crippen molar-refractivity contribution in [2.45, 2.75) is 19.9 Å². The molecule has 0 saturated carbocycles. The van der Waals surface area contributed by atoms with Crippen molar-refractivity contribution < 1.29 is 9.53 Å². The highest BCUT2D eigenvalue weighted by Crippen LogP contribution is 2.21. The molecule has 0 saturated heterocycles. The first-order chi connectivity index (χ1) is 10.6. The van der Waals surface area contributed by atoms with E-state index in [-0.39, 0.29) is 11.5 Å². The molecule has 6 heteroatoms. The summed E-state index contributed by atoms with van der Waals surface area (Å²) in [6.45, 7) is 2.48. The molecule has 0 aliphatic carbocycles. The lowest BCUT2D eigenvalue weighted by atomic mass is 10.1. The third-order valence-corrected chi connectivity index (χ3v) is 3.88. The van der Waals surface area contributed by atoms with Crippen molar-refractivity contribution >= 4 is 5.91 Å². The van der Waals surface area contributed by atoms with Crippen LogP contribution in [-0.2, 0) is 17.8 Å². The fraction of sp³-hybridized carbons (Fsp3) is 0.312. The molecule has 1 aliphatic rings. The topological polar surface area (TPSA) is 75.3 Å². The molecule has 1 amide bonds. The smallest absolute Gasteiger partial charge is 0.254 e. The van der Waals surface area contributed by atoms with Gasteiger partial charge in [-0.15, -0.1) is 0 Å². The van der Waals surface area contributed by atoms with Gasteiger partial charge in [-0.05, 0) is 30.7 Å². The van der Waals surface area contributed by atoms with Gasteiger partial charge in [-0.1, -0.05) is 0 Å². The Kier molecular flexibility index (Phi) is 3.66. The fourth-order valence-electron chi connectivity index (χ4n) is 2.59. The Hall–Kier alpha value is -2.63. The van der Waals surface area contributed by atoms with Crippen molar-refractivity contribution in [3.05, 3.63) is 45.9 Å². The van der Waals surface area contributed by atoms with E-state index in [0.29, 0.717) is 36.6 Å². The first-order valence-electron chi connectivity index (χ1n) is 7.10. The zero-order valence-electron chi connectivity index (χ0n) is 12.5. The predicted molar refractivity (Wildman–Crippen MR) is 81.6 cm³/mol. The maximum absolute atomic E-state index is 12.2. The lowest BCUT2D eigenvalue weighted by Gasteiger charge is -2.26. The standard InChI is InChI=1S/C16H17N3O3/c1-10(20)19-8-7-13-14(9-19)17-15(18-16(13)21)11-3-5-12(22-2)6-4-11/h3-6H,7-9H2,1-2H3,(H,17,18,21). The van der Waals surface area contributed by atoms with E-state index in [1.54, 1.807) is 12.0 Å². The maximum Gasteiger partial charge on any atom is 0.254 e. The van der Waals surface area contributed by atoms with E-state index in [1.807, 2.05) is 24.3 Å². The number of carbonyl (C=O) groups excluding carboxylic acids is 1. The number of aromatic nitrogens is 2. The molecular formula is C16H17N3O3. The Bertz CT molecular complexity index is 765. The number of rotatable bonds is 2. The van der Waals surface area contributed by atoms with E-state index in [9.17, 15) is 9.59 Å². The SMILES string of the molecule is COc1ccc(-c2nc3c(c(=O)[nH]2)CCN(C(C)=O)C3)cc1. The fourth-order valence-corrected chi connectivity index (χ4v) is 2.59. The molecule has 0 bridgehead atoms. The minimum absolute atomic E-state index is 0.00118. The van der Waals surface area contributed by atoms with Gasteiger partial charge in [-0.3, -0.25) is 9.59 Å². The van der Waals surface area contributed by atoms with Crippen LogP contribution in [0.1, 0.15) is 18.2 Å². The summed E-state index contributed by atoms with van der Waals surface area (Å²) in [7, 11) is 1.60. The summed E-state index contributed by atoms with van der Waals surface area (Å²) in [4.78, 5) is 32.8. The van der Waals surface area contributed by atoms with Crippen LogP contribution in [0.3, 0.4) is 0 Å². The Morgan fingerprint density at radius 3 is 2.68 bits per heavy atom. The van der Waals surface area contributed by atoms with Crippen molar-refractivity contribution in [2.24, 2.45) is 0 Å². The summed E-state index contributed by atoms with van der Waals surface area (Å²) in [5, 5.41) is 0. The molecule has 6 nitrogen and oxygen atoms in total. The molecule has 0 radical (unpaired) electrons. The van der Waals surface area contributed by atoms with Crippen LogP contribution in [0.2, 0.25) is 0 Å². The molecule has 114 valence electrons. The second kappa shape index (κ2) is 5.63. The Labute approximate surface area is 127 Å². The number of nitrogens with one attached hydrogen (secondary N) is 1. The summed E-state index contributed by atoms with van der Waals surface area (Å²) >= 11 is 0. The van der Waals surface area contributed by atoms with Gasteiger partial charge in [0.2, 0.25) is 5.91 Å². The number of nitrogens with zero attached hydrogens (tertiary/aromatic N) is 2. The molecule has 3 rings (SSSR count). The second-order valence-electron chi connectivity index (χ2n) is 5.26. The molecule has 0 unspecified atom stereocenters. The van der Waals surface area contributed by atoms with E-state index in [2.05, 4.69) is 9.97 Å². The number of ether oxygens (including phenoxy) is 1. The van der Waals surface area contributed by atoms with E-state index in [0.717, 1.165) is 11.3 Å². The van der Waals surface area contributed by atoms with E-state index in [4.69, 9.17) is 4.74 Å². The molecule has 2 aromatic rings.